The summed E-state index contributed by atoms with van der Waals surface area (Å²) in [5.74, 6) is -7.26. The fourth-order valence-electron chi connectivity index (χ4n) is 1.76. The fraction of sp³-hybridized carbons (Fsp3) is 0.529. The zero-order chi connectivity index (χ0) is 19.6. The molecule has 0 aliphatic carbocycles. The lowest BCUT2D eigenvalue weighted by Gasteiger charge is -2.20. The zero-order valence-electron chi connectivity index (χ0n) is 15.0. The van der Waals surface area contributed by atoms with Gasteiger partial charge in [-0.1, -0.05) is 16.5 Å². The van der Waals surface area contributed by atoms with E-state index in [-0.39, 0.29) is 11.3 Å². The predicted molar refractivity (Wildman–Crippen MR) is 91.6 cm³/mol. The molecule has 0 heterocycles. The van der Waals surface area contributed by atoms with Gasteiger partial charge in [0.25, 0.3) is 0 Å². The van der Waals surface area contributed by atoms with Crippen LogP contribution in [0, 0.1) is 5.82 Å². The van der Waals surface area contributed by atoms with E-state index in [0.29, 0.717) is 0 Å². The number of benzene rings is 1. The molecule has 8 heteroatoms. The van der Waals surface area contributed by atoms with E-state index in [1.54, 1.807) is 20.8 Å². The summed E-state index contributed by atoms with van der Waals surface area (Å²) in [6, 6.07) is 3.24. The van der Waals surface area contributed by atoms with Crippen molar-refractivity contribution in [3.63, 3.8) is 0 Å². The molecule has 0 saturated heterocycles. The van der Waals surface area contributed by atoms with Crippen molar-refractivity contribution in [1.82, 2.24) is 0 Å². The lowest BCUT2D eigenvalue weighted by Crippen LogP contribution is -2.32. The Morgan fingerprint density at radius 1 is 1.28 bits per heavy atom. The third kappa shape index (κ3) is 5.22. The van der Waals surface area contributed by atoms with E-state index in [2.05, 4.69) is 9.13 Å². The van der Waals surface area contributed by atoms with Crippen molar-refractivity contribution in [3.05, 3.63) is 35.1 Å². The standard InChI is InChI=1S/C17H22F3NO3S/c1-10(2)24-15(22)17(19,20)13-9-7-8-12(14(13)18)11(3)21-25(23)16(4,5)6/h7-10H,1-6H3. The van der Waals surface area contributed by atoms with Crippen molar-refractivity contribution in [3.8, 4) is 0 Å². The van der Waals surface area contributed by atoms with Gasteiger partial charge in [-0.3, -0.25) is 0 Å². The Balaban J connectivity index is 3.31. The largest absolute Gasteiger partial charge is 0.591 e. The molecule has 0 aromatic heterocycles. The molecule has 0 radical (unpaired) electrons. The minimum absolute atomic E-state index is 0.000588. The first-order chi connectivity index (χ1) is 11.3. The maximum atomic E-state index is 14.6. The molecule has 0 bridgehead atoms. The van der Waals surface area contributed by atoms with E-state index in [1.165, 1.54) is 32.9 Å². The molecule has 1 unspecified atom stereocenters. The quantitative estimate of drug-likeness (QED) is 0.440. The van der Waals surface area contributed by atoms with E-state index in [0.717, 1.165) is 6.07 Å². The Labute approximate surface area is 148 Å². The number of hydrogen-bond acceptors (Lipinski definition) is 4. The van der Waals surface area contributed by atoms with E-state index < -0.39 is 45.5 Å². The zero-order valence-corrected chi connectivity index (χ0v) is 15.8. The van der Waals surface area contributed by atoms with Crippen LogP contribution >= 0.6 is 0 Å². The van der Waals surface area contributed by atoms with Gasteiger partial charge < -0.3 is 9.29 Å². The van der Waals surface area contributed by atoms with Crippen LogP contribution in [0.25, 0.3) is 0 Å². The van der Waals surface area contributed by atoms with Crippen LogP contribution in [0.3, 0.4) is 0 Å². The molecule has 0 aliphatic heterocycles. The highest BCUT2D eigenvalue weighted by molar-refractivity contribution is 7.91. The molecule has 0 aliphatic rings. The molecule has 0 amide bonds. The molecule has 0 saturated carbocycles. The fourth-order valence-corrected chi connectivity index (χ4v) is 2.38. The average Bonchev–Trinajstić information content (AvgIpc) is 2.45. The van der Waals surface area contributed by atoms with Crippen LogP contribution in [0.5, 0.6) is 0 Å². The van der Waals surface area contributed by atoms with Crippen molar-refractivity contribution in [2.75, 3.05) is 0 Å². The molecule has 1 rings (SSSR count). The molecule has 0 spiro atoms. The summed E-state index contributed by atoms with van der Waals surface area (Å²) in [6.07, 6.45) is -0.762. The predicted octanol–water partition coefficient (Wildman–Crippen LogP) is 4.14. The molecule has 0 fully saturated rings. The highest BCUT2D eigenvalue weighted by atomic mass is 32.2. The highest BCUT2D eigenvalue weighted by Gasteiger charge is 2.46. The second kappa shape index (κ2) is 7.78. The Hall–Kier alpha value is -1.54. The summed E-state index contributed by atoms with van der Waals surface area (Å²) in [5.41, 5.74) is -1.35. The van der Waals surface area contributed by atoms with Gasteiger partial charge >= 0.3 is 11.9 Å². The number of ether oxygens (including phenoxy) is 1. The third-order valence-corrected chi connectivity index (χ3v) is 4.56. The van der Waals surface area contributed by atoms with Crippen LogP contribution in [-0.4, -0.2) is 27.1 Å². The first kappa shape index (κ1) is 21.5. The van der Waals surface area contributed by atoms with Crippen LogP contribution in [0.4, 0.5) is 13.2 Å². The van der Waals surface area contributed by atoms with Crippen LogP contribution in [0.15, 0.2) is 22.6 Å². The monoisotopic (exact) mass is 377 g/mol. The smallest absolute Gasteiger partial charge is 0.382 e. The first-order valence-electron chi connectivity index (χ1n) is 7.64. The first-order valence-corrected chi connectivity index (χ1v) is 8.74. The molecule has 1 aromatic rings. The lowest BCUT2D eigenvalue weighted by molar-refractivity contribution is -0.178. The maximum Gasteiger partial charge on any atom is 0.382 e. The number of alkyl halides is 2. The second-order valence-electron chi connectivity index (χ2n) is 6.73. The van der Waals surface area contributed by atoms with Crippen LogP contribution < -0.4 is 0 Å². The van der Waals surface area contributed by atoms with Gasteiger partial charge in [-0.15, -0.1) is 0 Å². The minimum atomic E-state index is -4.15. The summed E-state index contributed by atoms with van der Waals surface area (Å²) in [5, 5.41) is 0. The molecule has 0 N–H and O–H groups in total. The average molecular weight is 377 g/mol. The SMILES string of the molecule is CC(=N[S+]([O-])C(C)(C)C)c1cccc(C(F)(F)C(=O)OC(C)C)c1F. The Morgan fingerprint density at radius 2 is 1.84 bits per heavy atom. The van der Waals surface area contributed by atoms with Gasteiger partial charge in [0.2, 0.25) is 0 Å². The van der Waals surface area contributed by atoms with Gasteiger partial charge in [0.05, 0.1) is 17.4 Å². The number of carbonyl (C=O) groups excluding carboxylic acids is 1. The second-order valence-corrected chi connectivity index (χ2v) is 8.64. The van der Waals surface area contributed by atoms with Gasteiger partial charge in [-0.2, -0.15) is 8.78 Å². The third-order valence-electron chi connectivity index (χ3n) is 3.07. The summed E-state index contributed by atoms with van der Waals surface area (Å²) in [4.78, 5) is 11.6. The molecular weight excluding hydrogens is 355 g/mol. The van der Waals surface area contributed by atoms with Gasteiger partial charge in [-0.25, -0.2) is 9.18 Å². The topological polar surface area (TPSA) is 61.7 Å². The van der Waals surface area contributed by atoms with Crippen molar-refractivity contribution >= 4 is 23.0 Å². The number of carbonyl (C=O) groups is 1. The molecular formula is C17H22F3NO3S. The van der Waals surface area contributed by atoms with Crippen LogP contribution in [0.2, 0.25) is 0 Å². The number of esters is 1. The van der Waals surface area contributed by atoms with Crippen LogP contribution in [-0.2, 0) is 26.8 Å². The Bertz CT molecular complexity index is 670. The summed E-state index contributed by atoms with van der Waals surface area (Å²) in [7, 11) is 0. The summed E-state index contributed by atoms with van der Waals surface area (Å²) >= 11 is -1.68. The van der Waals surface area contributed by atoms with Crippen molar-refractivity contribution in [2.45, 2.75) is 58.3 Å². The summed E-state index contributed by atoms with van der Waals surface area (Å²) < 4.78 is 62.9. The van der Waals surface area contributed by atoms with Gasteiger partial charge in [0.1, 0.15) is 21.9 Å². The normalized spacial score (nSPS) is 14.6. The maximum absolute atomic E-state index is 14.6. The molecule has 4 nitrogen and oxygen atoms in total. The van der Waals surface area contributed by atoms with E-state index in [4.69, 9.17) is 0 Å². The Kier molecular flexibility index (Phi) is 6.69. The molecule has 1 atom stereocenters. The highest BCUT2D eigenvalue weighted by Crippen LogP contribution is 2.33. The van der Waals surface area contributed by atoms with Crippen molar-refractivity contribution in [1.29, 1.82) is 0 Å². The number of halogens is 3. The van der Waals surface area contributed by atoms with Gasteiger partial charge in [-0.05, 0) is 47.6 Å². The number of hydrogen-bond donors (Lipinski definition) is 0. The molecule has 1 aromatic carbocycles. The summed E-state index contributed by atoms with van der Waals surface area (Å²) in [6.45, 7) is 9.25. The van der Waals surface area contributed by atoms with Crippen LogP contribution in [0.1, 0.15) is 52.7 Å². The van der Waals surface area contributed by atoms with Gasteiger partial charge in [0, 0.05) is 5.56 Å². The van der Waals surface area contributed by atoms with Gasteiger partial charge in [0.15, 0.2) is 0 Å². The molecule has 25 heavy (non-hydrogen) atoms. The lowest BCUT2D eigenvalue weighted by atomic mass is 10.0. The number of rotatable bonds is 5. The molecule has 140 valence electrons. The van der Waals surface area contributed by atoms with Crippen molar-refractivity contribution < 1.29 is 27.3 Å². The van der Waals surface area contributed by atoms with E-state index in [9.17, 15) is 22.5 Å². The minimum Gasteiger partial charge on any atom is -0.591 e. The van der Waals surface area contributed by atoms with E-state index in [1.807, 2.05) is 0 Å². The Morgan fingerprint density at radius 3 is 2.32 bits per heavy atom. The number of nitrogens with zero attached hydrogens (tertiary/aromatic N) is 1. The van der Waals surface area contributed by atoms with E-state index >= 15 is 0 Å². The van der Waals surface area contributed by atoms with Crippen molar-refractivity contribution in [2.24, 2.45) is 4.40 Å².